The number of thioether (sulfide) groups is 2. The van der Waals surface area contributed by atoms with Crippen molar-refractivity contribution in [1.29, 1.82) is 0 Å². The van der Waals surface area contributed by atoms with Crippen LogP contribution >= 0.6 is 23.5 Å². The number of aromatic nitrogens is 2. The van der Waals surface area contributed by atoms with Gasteiger partial charge in [0, 0.05) is 24.3 Å². The van der Waals surface area contributed by atoms with Crippen LogP contribution in [0.5, 0.6) is 0 Å². The summed E-state index contributed by atoms with van der Waals surface area (Å²) in [4.78, 5) is 29.6. The van der Waals surface area contributed by atoms with Gasteiger partial charge in [-0.1, -0.05) is 18.7 Å². The van der Waals surface area contributed by atoms with Crippen LogP contribution in [0.25, 0.3) is 0 Å². The van der Waals surface area contributed by atoms with E-state index in [1.165, 1.54) is 11.8 Å². The second-order valence-electron chi connectivity index (χ2n) is 5.36. The smallest absolute Gasteiger partial charge is 0.268 e. The number of nitrogens with one attached hydrogen (secondary N) is 1. The molecule has 1 unspecified atom stereocenters. The molecular weight excluding hydrogens is 306 g/mol. The Morgan fingerprint density at radius 2 is 2.29 bits per heavy atom. The van der Waals surface area contributed by atoms with E-state index >= 15 is 0 Å². The minimum atomic E-state index is -0.0323. The van der Waals surface area contributed by atoms with E-state index < -0.39 is 0 Å². The molecule has 2 rings (SSSR count). The third-order valence-electron chi connectivity index (χ3n) is 3.06. The van der Waals surface area contributed by atoms with Gasteiger partial charge in [0.2, 0.25) is 5.91 Å². The zero-order valence-electron chi connectivity index (χ0n) is 12.8. The van der Waals surface area contributed by atoms with E-state index in [0.29, 0.717) is 17.0 Å². The maximum absolute atomic E-state index is 12.5. The van der Waals surface area contributed by atoms with Crippen LogP contribution in [0.4, 0.5) is 0 Å². The number of carbonyl (C=O) groups excluding carboxylic acids is 1. The van der Waals surface area contributed by atoms with E-state index in [0.717, 1.165) is 17.0 Å². The van der Waals surface area contributed by atoms with Gasteiger partial charge in [0.15, 0.2) is 5.16 Å². The van der Waals surface area contributed by atoms with Crippen LogP contribution in [-0.4, -0.2) is 32.5 Å². The Morgan fingerprint density at radius 1 is 1.57 bits per heavy atom. The molecule has 1 aliphatic heterocycles. The molecular formula is C14H21N3O2S2. The van der Waals surface area contributed by atoms with Gasteiger partial charge in [-0.15, -0.1) is 11.8 Å². The van der Waals surface area contributed by atoms with Crippen LogP contribution in [0.3, 0.4) is 0 Å². The molecule has 0 spiro atoms. The Bertz CT molecular complexity index is 599. The molecule has 0 fully saturated rings. The van der Waals surface area contributed by atoms with Crippen molar-refractivity contribution in [2.45, 2.75) is 62.0 Å². The van der Waals surface area contributed by atoms with E-state index in [2.05, 4.69) is 17.2 Å². The van der Waals surface area contributed by atoms with Crippen LogP contribution in [0.1, 0.15) is 33.4 Å². The predicted octanol–water partition coefficient (Wildman–Crippen LogP) is 1.92. The fourth-order valence-corrected chi connectivity index (χ4v) is 4.22. The minimum Gasteiger partial charge on any atom is -0.353 e. The lowest BCUT2D eigenvalue weighted by atomic mass is 10.2. The minimum absolute atomic E-state index is 0.0311. The number of hydrogen-bond donors (Lipinski definition) is 1. The van der Waals surface area contributed by atoms with Gasteiger partial charge in [-0.3, -0.25) is 14.2 Å². The van der Waals surface area contributed by atoms with Gasteiger partial charge in [-0.25, -0.2) is 4.98 Å². The van der Waals surface area contributed by atoms with Crippen molar-refractivity contribution in [3.8, 4) is 0 Å². The van der Waals surface area contributed by atoms with Crippen LogP contribution in [0.2, 0.25) is 0 Å². The number of carbonyl (C=O) groups is 1. The van der Waals surface area contributed by atoms with Crippen molar-refractivity contribution >= 4 is 29.4 Å². The Morgan fingerprint density at radius 3 is 2.90 bits per heavy atom. The zero-order chi connectivity index (χ0) is 15.6. The summed E-state index contributed by atoms with van der Waals surface area (Å²) in [6.45, 7) is 8.46. The lowest BCUT2D eigenvalue weighted by Gasteiger charge is -2.12. The fourth-order valence-electron chi connectivity index (χ4n) is 2.21. The zero-order valence-corrected chi connectivity index (χ0v) is 14.4. The van der Waals surface area contributed by atoms with Crippen LogP contribution in [-0.2, 0) is 17.8 Å². The second kappa shape index (κ2) is 6.87. The Hall–Kier alpha value is -0.950. The monoisotopic (exact) mass is 327 g/mol. The first-order chi connectivity index (χ1) is 9.92. The van der Waals surface area contributed by atoms with Crippen molar-refractivity contribution in [3.63, 3.8) is 0 Å². The number of nitrogens with zero attached hydrogens (tertiary/aromatic N) is 2. The lowest BCUT2D eigenvalue weighted by molar-refractivity contribution is -0.119. The first-order valence-electron chi connectivity index (χ1n) is 7.14. The van der Waals surface area contributed by atoms with E-state index in [4.69, 9.17) is 0 Å². The standard InChI is InChI=1S/C14H21N3O2S2/c1-5-17-13(19)12-10(6-9(4)21-12)16-14(17)20-7-11(18)15-8(2)3/h8-9H,5-7H2,1-4H3,(H,15,18). The summed E-state index contributed by atoms with van der Waals surface area (Å²) < 4.78 is 1.66. The van der Waals surface area contributed by atoms with E-state index in [-0.39, 0.29) is 23.3 Å². The SMILES string of the molecule is CCn1c(SCC(=O)NC(C)C)nc2c(c1=O)SC(C)C2. The van der Waals surface area contributed by atoms with Crippen molar-refractivity contribution < 1.29 is 4.79 Å². The summed E-state index contributed by atoms with van der Waals surface area (Å²) in [6, 6.07) is 0.122. The molecule has 0 aliphatic carbocycles. The first kappa shape index (κ1) is 16.4. The van der Waals surface area contributed by atoms with Gasteiger partial charge in [-0.05, 0) is 20.8 Å². The van der Waals surface area contributed by atoms with Gasteiger partial charge < -0.3 is 5.32 Å². The molecule has 0 bridgehead atoms. The highest BCUT2D eigenvalue weighted by atomic mass is 32.2. The van der Waals surface area contributed by atoms with Crippen LogP contribution in [0, 0.1) is 0 Å². The van der Waals surface area contributed by atoms with Crippen LogP contribution < -0.4 is 10.9 Å². The third kappa shape index (κ3) is 3.83. The number of fused-ring (bicyclic) bond motifs is 1. The van der Waals surface area contributed by atoms with Gasteiger partial charge in [0.1, 0.15) is 0 Å². The van der Waals surface area contributed by atoms with E-state index in [1.54, 1.807) is 16.3 Å². The summed E-state index contributed by atoms with van der Waals surface area (Å²) in [5.41, 5.74) is 0.914. The maximum atomic E-state index is 12.5. The predicted molar refractivity (Wildman–Crippen MR) is 87.2 cm³/mol. The topological polar surface area (TPSA) is 64.0 Å². The molecule has 1 aromatic heterocycles. The summed E-state index contributed by atoms with van der Waals surface area (Å²) in [6.07, 6.45) is 0.825. The average molecular weight is 327 g/mol. The Labute approximate surface area is 133 Å². The highest BCUT2D eigenvalue weighted by Crippen LogP contribution is 2.34. The van der Waals surface area contributed by atoms with Gasteiger partial charge in [-0.2, -0.15) is 0 Å². The summed E-state index contributed by atoms with van der Waals surface area (Å²) in [5.74, 6) is 0.252. The maximum Gasteiger partial charge on any atom is 0.268 e. The molecule has 1 amide bonds. The molecule has 5 nitrogen and oxygen atoms in total. The van der Waals surface area contributed by atoms with Crippen molar-refractivity contribution in [2.24, 2.45) is 0 Å². The third-order valence-corrected chi connectivity index (χ3v) is 5.25. The molecule has 1 atom stereocenters. The quantitative estimate of drug-likeness (QED) is 0.661. The normalized spacial score (nSPS) is 17.1. The molecule has 0 saturated heterocycles. The average Bonchev–Trinajstić information content (AvgIpc) is 2.76. The van der Waals surface area contributed by atoms with Crippen molar-refractivity contribution in [2.75, 3.05) is 5.75 Å². The van der Waals surface area contributed by atoms with Crippen molar-refractivity contribution in [3.05, 3.63) is 16.0 Å². The molecule has 0 radical (unpaired) electrons. The number of hydrogen-bond acceptors (Lipinski definition) is 5. The molecule has 1 N–H and O–H groups in total. The van der Waals surface area contributed by atoms with Crippen molar-refractivity contribution in [1.82, 2.24) is 14.9 Å². The highest BCUT2D eigenvalue weighted by molar-refractivity contribution is 8.00. The van der Waals surface area contributed by atoms with E-state index in [9.17, 15) is 9.59 Å². The first-order valence-corrected chi connectivity index (χ1v) is 9.01. The van der Waals surface area contributed by atoms with Crippen LogP contribution in [0.15, 0.2) is 14.8 Å². The second-order valence-corrected chi connectivity index (χ2v) is 7.75. The summed E-state index contributed by atoms with van der Waals surface area (Å²) in [7, 11) is 0. The molecule has 0 saturated carbocycles. The molecule has 0 aromatic carbocycles. The highest BCUT2D eigenvalue weighted by Gasteiger charge is 2.26. The van der Waals surface area contributed by atoms with E-state index in [1.807, 2.05) is 20.8 Å². The Kier molecular flexibility index (Phi) is 5.37. The Balaban J connectivity index is 2.20. The van der Waals surface area contributed by atoms with Gasteiger partial charge in [0.25, 0.3) is 5.56 Å². The molecule has 2 heterocycles. The fraction of sp³-hybridized carbons (Fsp3) is 0.643. The molecule has 116 valence electrons. The van der Waals surface area contributed by atoms with Gasteiger partial charge >= 0.3 is 0 Å². The largest absolute Gasteiger partial charge is 0.353 e. The molecule has 7 heteroatoms. The summed E-state index contributed by atoms with van der Waals surface area (Å²) >= 11 is 2.94. The molecule has 1 aliphatic rings. The molecule has 1 aromatic rings. The summed E-state index contributed by atoms with van der Waals surface area (Å²) in [5, 5.41) is 3.89. The van der Waals surface area contributed by atoms with Gasteiger partial charge in [0.05, 0.1) is 16.3 Å². The number of amides is 1. The number of rotatable bonds is 5. The molecule has 21 heavy (non-hydrogen) atoms. The lowest BCUT2D eigenvalue weighted by Crippen LogP contribution is -2.32.